The molecule has 0 aromatic rings. The molecule has 1 radical (unpaired) electrons. The Morgan fingerprint density at radius 3 is 3.30 bits per heavy atom. The van der Waals surface area contributed by atoms with E-state index in [9.17, 15) is 0 Å². The van der Waals surface area contributed by atoms with Crippen LogP contribution in [0.25, 0.3) is 0 Å². The number of rotatable bonds is 0. The van der Waals surface area contributed by atoms with Crippen LogP contribution in [0, 0.1) is 0 Å². The quantitative estimate of drug-likeness (QED) is 0.493. The molecule has 57 valence electrons. The fourth-order valence-corrected chi connectivity index (χ4v) is 1.76. The van der Waals surface area contributed by atoms with E-state index in [2.05, 4.69) is 5.32 Å². The largest absolute Gasteiger partial charge is 0.375 e. The van der Waals surface area contributed by atoms with Gasteiger partial charge in [-0.15, -0.1) is 0 Å². The molecule has 2 N–H and O–H groups in total. The van der Waals surface area contributed by atoms with Crippen molar-refractivity contribution < 1.29 is 4.74 Å². The fourth-order valence-electron chi connectivity index (χ4n) is 1.76. The Hall–Kier alpha value is -0.120. The molecule has 0 aromatic heterocycles. The van der Waals surface area contributed by atoms with Gasteiger partial charge in [-0.1, -0.05) is 0 Å². The van der Waals surface area contributed by atoms with E-state index in [4.69, 9.17) is 10.5 Å². The number of hydrogen-bond acceptors (Lipinski definition) is 2. The van der Waals surface area contributed by atoms with Gasteiger partial charge in [0.15, 0.2) is 0 Å². The third-order valence-electron chi connectivity index (χ3n) is 2.45. The van der Waals surface area contributed by atoms with Gasteiger partial charge in [0.05, 0.1) is 11.6 Å². The number of ether oxygens (including phenoxy) is 1. The fraction of sp³-hybridized carbons (Fsp3) is 1.00. The molecular weight excluding hydrogens is 128 g/mol. The standard InChI is InChI=1S/C7H13N2O/c8-7-2-1-3-10-6(7)4-9-5-7/h6H,1-5,8H2/t6-,7+/m0/s1. The summed E-state index contributed by atoms with van der Waals surface area (Å²) >= 11 is 0. The van der Waals surface area contributed by atoms with E-state index in [1.807, 2.05) is 0 Å². The summed E-state index contributed by atoms with van der Waals surface area (Å²) in [6, 6.07) is 0. The molecule has 0 spiro atoms. The van der Waals surface area contributed by atoms with Crippen LogP contribution in [0.1, 0.15) is 12.8 Å². The minimum Gasteiger partial charge on any atom is -0.375 e. The molecule has 0 amide bonds. The highest BCUT2D eigenvalue weighted by Crippen LogP contribution is 2.26. The van der Waals surface area contributed by atoms with Gasteiger partial charge in [-0.3, -0.25) is 0 Å². The summed E-state index contributed by atoms with van der Waals surface area (Å²) < 4.78 is 5.49. The number of nitrogens with two attached hydrogens (primary N) is 1. The van der Waals surface area contributed by atoms with Crippen LogP contribution in [0.2, 0.25) is 0 Å². The number of hydrogen-bond donors (Lipinski definition) is 1. The predicted molar refractivity (Wildman–Crippen MR) is 37.8 cm³/mol. The van der Waals surface area contributed by atoms with E-state index in [1.165, 1.54) is 0 Å². The molecule has 3 heteroatoms. The third kappa shape index (κ3) is 0.856. The second-order valence-corrected chi connectivity index (χ2v) is 3.26. The van der Waals surface area contributed by atoms with Crippen molar-refractivity contribution in [3.05, 3.63) is 0 Å². The zero-order valence-corrected chi connectivity index (χ0v) is 6.05. The van der Waals surface area contributed by atoms with Crippen molar-refractivity contribution in [3.63, 3.8) is 0 Å². The van der Waals surface area contributed by atoms with E-state index < -0.39 is 0 Å². The molecule has 2 heterocycles. The Bertz CT molecular complexity index is 140. The lowest BCUT2D eigenvalue weighted by Crippen LogP contribution is -2.54. The van der Waals surface area contributed by atoms with Gasteiger partial charge in [-0.25, -0.2) is 5.32 Å². The summed E-state index contributed by atoms with van der Waals surface area (Å²) in [6.45, 7) is 2.49. The lowest BCUT2D eigenvalue weighted by Gasteiger charge is -2.34. The first kappa shape index (κ1) is 6.58. The van der Waals surface area contributed by atoms with Crippen LogP contribution in [-0.2, 0) is 4.74 Å². The first-order valence-electron chi connectivity index (χ1n) is 3.85. The summed E-state index contributed by atoms with van der Waals surface area (Å²) in [7, 11) is 0. The molecule has 0 aliphatic carbocycles. The van der Waals surface area contributed by atoms with Crippen molar-refractivity contribution in [1.82, 2.24) is 5.32 Å². The van der Waals surface area contributed by atoms with E-state index in [0.29, 0.717) is 0 Å². The van der Waals surface area contributed by atoms with Crippen molar-refractivity contribution in [2.45, 2.75) is 24.5 Å². The predicted octanol–water partition coefficient (Wildman–Crippen LogP) is -0.519. The summed E-state index contributed by atoms with van der Waals surface area (Å²) in [5, 5.41) is 4.25. The average molecular weight is 141 g/mol. The highest BCUT2D eigenvalue weighted by atomic mass is 16.5. The highest BCUT2D eigenvalue weighted by Gasteiger charge is 2.42. The van der Waals surface area contributed by atoms with Gasteiger partial charge >= 0.3 is 0 Å². The lowest BCUT2D eigenvalue weighted by molar-refractivity contribution is -0.0131. The summed E-state index contributed by atoms with van der Waals surface area (Å²) in [5.74, 6) is 0. The number of nitrogens with zero attached hydrogens (tertiary/aromatic N) is 1. The van der Waals surface area contributed by atoms with Crippen molar-refractivity contribution in [2.24, 2.45) is 5.73 Å². The molecule has 2 aliphatic rings. The monoisotopic (exact) mass is 141 g/mol. The summed E-state index contributed by atoms with van der Waals surface area (Å²) in [4.78, 5) is 0. The van der Waals surface area contributed by atoms with Gasteiger partial charge in [0.2, 0.25) is 0 Å². The molecule has 3 nitrogen and oxygen atoms in total. The van der Waals surface area contributed by atoms with Crippen molar-refractivity contribution in [1.29, 1.82) is 0 Å². The lowest BCUT2D eigenvalue weighted by atomic mass is 9.89. The molecule has 10 heavy (non-hydrogen) atoms. The topological polar surface area (TPSA) is 49.4 Å². The average Bonchev–Trinajstić information content (AvgIpc) is 2.29. The van der Waals surface area contributed by atoms with Crippen LogP contribution in [0.3, 0.4) is 0 Å². The zero-order valence-electron chi connectivity index (χ0n) is 6.05. The van der Waals surface area contributed by atoms with Crippen molar-refractivity contribution in [3.8, 4) is 0 Å². The van der Waals surface area contributed by atoms with Gasteiger partial charge in [0.25, 0.3) is 0 Å². The first-order chi connectivity index (χ1) is 4.81. The van der Waals surface area contributed by atoms with E-state index >= 15 is 0 Å². The van der Waals surface area contributed by atoms with Crippen LogP contribution in [-0.4, -0.2) is 31.3 Å². The SMILES string of the molecule is N[C@@]12CCCO[C@H]1C[N]C2. The molecule has 0 unspecified atom stereocenters. The molecule has 0 bridgehead atoms. The molecule has 0 aromatic carbocycles. The van der Waals surface area contributed by atoms with E-state index in [1.54, 1.807) is 0 Å². The molecule has 2 saturated heterocycles. The Morgan fingerprint density at radius 2 is 2.50 bits per heavy atom. The maximum Gasteiger partial charge on any atom is 0.0908 e. The molecule has 2 fully saturated rings. The highest BCUT2D eigenvalue weighted by molar-refractivity contribution is 5.02. The van der Waals surface area contributed by atoms with Crippen LogP contribution >= 0.6 is 0 Å². The minimum atomic E-state index is -0.0990. The van der Waals surface area contributed by atoms with Gasteiger partial charge < -0.3 is 10.5 Å². The van der Waals surface area contributed by atoms with Crippen LogP contribution in [0.15, 0.2) is 0 Å². The Morgan fingerprint density at radius 1 is 1.60 bits per heavy atom. The second-order valence-electron chi connectivity index (χ2n) is 3.26. The maximum absolute atomic E-state index is 6.05. The molecular formula is C7H13N2O. The van der Waals surface area contributed by atoms with Crippen molar-refractivity contribution in [2.75, 3.05) is 19.7 Å². The summed E-state index contributed by atoms with van der Waals surface area (Å²) in [6.07, 6.45) is 2.41. The third-order valence-corrected chi connectivity index (χ3v) is 2.45. The summed E-state index contributed by atoms with van der Waals surface area (Å²) in [5.41, 5.74) is 5.95. The Balaban J connectivity index is 2.10. The number of fused-ring (bicyclic) bond motifs is 1. The van der Waals surface area contributed by atoms with Crippen LogP contribution in [0.4, 0.5) is 0 Å². The van der Waals surface area contributed by atoms with Crippen molar-refractivity contribution >= 4 is 0 Å². The smallest absolute Gasteiger partial charge is 0.0908 e. The van der Waals surface area contributed by atoms with Gasteiger partial charge in [0.1, 0.15) is 0 Å². The zero-order chi connectivity index (χ0) is 7.03. The molecule has 0 saturated carbocycles. The van der Waals surface area contributed by atoms with E-state index in [0.717, 1.165) is 32.5 Å². The molecule has 2 aliphatic heterocycles. The Kier molecular flexibility index (Phi) is 1.44. The van der Waals surface area contributed by atoms with Crippen LogP contribution < -0.4 is 11.1 Å². The Labute approximate surface area is 60.9 Å². The first-order valence-corrected chi connectivity index (χ1v) is 3.85. The van der Waals surface area contributed by atoms with Gasteiger partial charge in [-0.2, -0.15) is 0 Å². The molecule has 2 rings (SSSR count). The molecule has 2 atom stereocenters. The van der Waals surface area contributed by atoms with Gasteiger partial charge in [0, 0.05) is 19.7 Å². The van der Waals surface area contributed by atoms with E-state index in [-0.39, 0.29) is 11.6 Å². The maximum atomic E-state index is 6.05. The van der Waals surface area contributed by atoms with Gasteiger partial charge in [-0.05, 0) is 12.8 Å². The normalized spacial score (nSPS) is 47.1. The van der Waals surface area contributed by atoms with Crippen LogP contribution in [0.5, 0.6) is 0 Å². The second kappa shape index (κ2) is 2.19. The minimum absolute atomic E-state index is 0.0990.